The monoisotopic (exact) mass is 357 g/mol. The lowest BCUT2D eigenvalue weighted by Gasteiger charge is -2.26. The topological polar surface area (TPSA) is 41.9 Å². The Kier molecular flexibility index (Phi) is 8.45. The maximum absolute atomic E-state index is 10.4. The van der Waals surface area contributed by atoms with Crippen molar-refractivity contribution in [3.63, 3.8) is 0 Å². The van der Waals surface area contributed by atoms with Crippen LogP contribution in [0.3, 0.4) is 0 Å². The molecule has 0 bridgehead atoms. The largest absolute Gasteiger partial charge is 0.497 e. The van der Waals surface area contributed by atoms with Gasteiger partial charge in [0.1, 0.15) is 24.2 Å². The van der Waals surface area contributed by atoms with Crippen LogP contribution in [0, 0.1) is 5.92 Å². The van der Waals surface area contributed by atoms with Crippen molar-refractivity contribution >= 4 is 0 Å². The number of aliphatic hydroxyl groups excluding tert-OH is 1. The Labute approximate surface area is 157 Å². The molecule has 0 saturated carbocycles. The smallest absolute Gasteiger partial charge is 0.119 e. The van der Waals surface area contributed by atoms with Gasteiger partial charge in [0.05, 0.1) is 7.11 Å². The van der Waals surface area contributed by atoms with Crippen molar-refractivity contribution in [2.24, 2.45) is 5.92 Å². The number of hydrogen-bond acceptors (Lipinski definition) is 4. The highest BCUT2D eigenvalue weighted by atomic mass is 16.5. The Balaban J connectivity index is 1.89. The van der Waals surface area contributed by atoms with E-state index in [1.165, 1.54) is 5.56 Å². The second-order valence-electron chi connectivity index (χ2n) is 7.04. The van der Waals surface area contributed by atoms with Crippen molar-refractivity contribution in [1.82, 2.24) is 4.90 Å². The number of nitrogens with zero attached hydrogens (tertiary/aromatic N) is 1. The number of rotatable bonds is 11. The standard InChI is InChI=1S/C22H31NO3/c1-18(2)13-14-23(15-19-9-11-21(25-3)12-10-19)16-20(24)17-26-22-7-5-4-6-8-22/h4-12,18,20,24H,13-17H2,1-3H3/t20-/m1/s1. The van der Waals surface area contributed by atoms with Gasteiger partial charge in [0, 0.05) is 13.1 Å². The zero-order valence-electron chi connectivity index (χ0n) is 16.1. The van der Waals surface area contributed by atoms with Crippen molar-refractivity contribution in [3.05, 3.63) is 60.2 Å². The van der Waals surface area contributed by atoms with Gasteiger partial charge in [-0.25, -0.2) is 0 Å². The van der Waals surface area contributed by atoms with Gasteiger partial charge in [0.25, 0.3) is 0 Å². The molecule has 2 aromatic carbocycles. The Morgan fingerprint density at radius 3 is 2.27 bits per heavy atom. The van der Waals surface area contributed by atoms with Gasteiger partial charge in [-0.15, -0.1) is 0 Å². The van der Waals surface area contributed by atoms with Crippen LogP contribution in [-0.2, 0) is 6.54 Å². The third-order valence-electron chi connectivity index (χ3n) is 4.24. The van der Waals surface area contributed by atoms with Crippen LogP contribution in [0.15, 0.2) is 54.6 Å². The molecule has 2 rings (SSSR count). The summed E-state index contributed by atoms with van der Waals surface area (Å²) in [7, 11) is 1.67. The first-order valence-electron chi connectivity index (χ1n) is 9.28. The zero-order chi connectivity index (χ0) is 18.8. The first-order valence-corrected chi connectivity index (χ1v) is 9.28. The fraction of sp³-hybridized carbons (Fsp3) is 0.455. The average molecular weight is 357 g/mol. The van der Waals surface area contributed by atoms with Gasteiger partial charge in [0.15, 0.2) is 0 Å². The summed E-state index contributed by atoms with van der Waals surface area (Å²) in [6.07, 6.45) is 0.572. The first-order chi connectivity index (χ1) is 12.6. The Hall–Kier alpha value is -2.04. The summed E-state index contributed by atoms with van der Waals surface area (Å²) < 4.78 is 10.9. The molecule has 0 aliphatic carbocycles. The van der Waals surface area contributed by atoms with E-state index in [2.05, 4.69) is 30.9 Å². The minimum atomic E-state index is -0.527. The van der Waals surface area contributed by atoms with E-state index in [0.717, 1.165) is 31.0 Å². The molecule has 0 heterocycles. The summed E-state index contributed by atoms with van der Waals surface area (Å²) in [5.41, 5.74) is 1.21. The van der Waals surface area contributed by atoms with E-state index < -0.39 is 6.10 Å². The number of para-hydroxylation sites is 1. The van der Waals surface area contributed by atoms with Gasteiger partial charge in [-0.1, -0.05) is 44.2 Å². The summed E-state index contributed by atoms with van der Waals surface area (Å²) in [6.45, 7) is 7.09. The van der Waals surface area contributed by atoms with Crippen LogP contribution in [-0.4, -0.2) is 42.9 Å². The predicted molar refractivity (Wildman–Crippen MR) is 106 cm³/mol. The minimum Gasteiger partial charge on any atom is -0.497 e. The molecule has 0 saturated heterocycles. The molecule has 142 valence electrons. The summed E-state index contributed by atoms with van der Waals surface area (Å²) in [5, 5.41) is 10.4. The molecule has 0 aliphatic heterocycles. The molecule has 0 fully saturated rings. The van der Waals surface area contributed by atoms with Crippen molar-refractivity contribution in [3.8, 4) is 11.5 Å². The molecule has 0 unspecified atom stereocenters. The fourth-order valence-electron chi connectivity index (χ4n) is 2.72. The van der Waals surface area contributed by atoms with Crippen LogP contribution in [0.5, 0.6) is 11.5 Å². The highest BCUT2D eigenvalue weighted by molar-refractivity contribution is 5.27. The van der Waals surface area contributed by atoms with E-state index in [4.69, 9.17) is 9.47 Å². The quantitative estimate of drug-likeness (QED) is 0.660. The van der Waals surface area contributed by atoms with Crippen LogP contribution < -0.4 is 9.47 Å². The minimum absolute atomic E-state index is 0.296. The molecule has 1 atom stereocenters. The van der Waals surface area contributed by atoms with Crippen LogP contribution in [0.1, 0.15) is 25.8 Å². The van der Waals surface area contributed by atoms with Crippen LogP contribution >= 0.6 is 0 Å². The van der Waals surface area contributed by atoms with Crippen LogP contribution in [0.2, 0.25) is 0 Å². The fourth-order valence-corrected chi connectivity index (χ4v) is 2.72. The van der Waals surface area contributed by atoms with Crippen molar-refractivity contribution in [2.75, 3.05) is 26.8 Å². The van der Waals surface area contributed by atoms with Crippen molar-refractivity contribution in [2.45, 2.75) is 32.9 Å². The molecular formula is C22H31NO3. The first kappa shape index (κ1) is 20.3. The molecule has 26 heavy (non-hydrogen) atoms. The summed E-state index contributed by atoms with van der Waals surface area (Å²) in [4.78, 5) is 2.29. The molecule has 1 N–H and O–H groups in total. The van der Waals surface area contributed by atoms with Gasteiger partial charge >= 0.3 is 0 Å². The van der Waals surface area contributed by atoms with Crippen molar-refractivity contribution < 1.29 is 14.6 Å². The van der Waals surface area contributed by atoms with Gasteiger partial charge in [-0.2, -0.15) is 0 Å². The van der Waals surface area contributed by atoms with Gasteiger partial charge in [0.2, 0.25) is 0 Å². The molecule has 2 aromatic rings. The Morgan fingerprint density at radius 2 is 1.65 bits per heavy atom. The van der Waals surface area contributed by atoms with Crippen LogP contribution in [0.25, 0.3) is 0 Å². The number of ether oxygens (including phenoxy) is 2. The lowest BCUT2D eigenvalue weighted by atomic mass is 10.1. The maximum Gasteiger partial charge on any atom is 0.119 e. The average Bonchev–Trinajstić information content (AvgIpc) is 2.66. The normalized spacial score (nSPS) is 12.4. The number of aliphatic hydroxyl groups is 1. The Bertz CT molecular complexity index is 613. The molecule has 0 spiro atoms. The molecule has 0 radical (unpaired) electrons. The third kappa shape index (κ3) is 7.46. The molecular weight excluding hydrogens is 326 g/mol. The van der Waals surface area contributed by atoms with E-state index in [1.807, 2.05) is 42.5 Å². The summed E-state index contributed by atoms with van der Waals surface area (Å²) >= 11 is 0. The lowest BCUT2D eigenvalue weighted by Crippen LogP contribution is -2.36. The molecule has 0 aromatic heterocycles. The van der Waals surface area contributed by atoms with E-state index in [0.29, 0.717) is 19.1 Å². The van der Waals surface area contributed by atoms with E-state index in [9.17, 15) is 5.11 Å². The van der Waals surface area contributed by atoms with E-state index in [-0.39, 0.29) is 0 Å². The molecule has 4 nitrogen and oxygen atoms in total. The molecule has 4 heteroatoms. The molecule has 0 aliphatic rings. The SMILES string of the molecule is COc1ccc(CN(CCC(C)C)C[C@@H](O)COc2ccccc2)cc1. The second kappa shape index (κ2) is 10.8. The summed E-state index contributed by atoms with van der Waals surface area (Å²) in [6, 6.07) is 17.7. The number of benzene rings is 2. The zero-order valence-corrected chi connectivity index (χ0v) is 16.1. The third-order valence-corrected chi connectivity index (χ3v) is 4.24. The predicted octanol–water partition coefficient (Wildman–Crippen LogP) is 3.98. The lowest BCUT2D eigenvalue weighted by molar-refractivity contribution is 0.0639. The van der Waals surface area contributed by atoms with Crippen LogP contribution in [0.4, 0.5) is 0 Å². The second-order valence-corrected chi connectivity index (χ2v) is 7.04. The van der Waals surface area contributed by atoms with Crippen molar-refractivity contribution in [1.29, 1.82) is 0 Å². The van der Waals surface area contributed by atoms with E-state index in [1.54, 1.807) is 7.11 Å². The van der Waals surface area contributed by atoms with Gasteiger partial charge < -0.3 is 14.6 Å². The number of methoxy groups -OCH3 is 1. The maximum atomic E-state index is 10.4. The Morgan fingerprint density at radius 1 is 0.962 bits per heavy atom. The van der Waals surface area contributed by atoms with E-state index >= 15 is 0 Å². The highest BCUT2D eigenvalue weighted by Crippen LogP contribution is 2.15. The highest BCUT2D eigenvalue weighted by Gasteiger charge is 2.14. The summed E-state index contributed by atoms with van der Waals surface area (Å²) in [5.74, 6) is 2.28. The van der Waals surface area contributed by atoms with Gasteiger partial charge in [-0.05, 0) is 48.7 Å². The molecule has 0 amide bonds. The number of hydrogen-bond donors (Lipinski definition) is 1. The van der Waals surface area contributed by atoms with Gasteiger partial charge in [-0.3, -0.25) is 4.90 Å².